The van der Waals surface area contributed by atoms with Crippen LogP contribution in [0.25, 0.3) is 22.5 Å². The van der Waals surface area contributed by atoms with Crippen molar-refractivity contribution in [3.63, 3.8) is 0 Å². The molecule has 0 aliphatic heterocycles. The van der Waals surface area contributed by atoms with Gasteiger partial charge in [0.2, 0.25) is 10.0 Å². The molecule has 2 saturated carbocycles. The average molecular weight is 465 g/mol. The molecular weight excluding hydrogens is 436 g/mol. The maximum absolute atomic E-state index is 12.5. The lowest BCUT2D eigenvalue weighted by Gasteiger charge is -2.16. The Morgan fingerprint density at radius 1 is 1.12 bits per heavy atom. The van der Waals surface area contributed by atoms with Gasteiger partial charge in [0.05, 0.1) is 17.0 Å². The quantitative estimate of drug-likeness (QED) is 0.469. The third-order valence-electron chi connectivity index (χ3n) is 7.31. The summed E-state index contributed by atoms with van der Waals surface area (Å²) >= 11 is 0. The molecule has 2 aliphatic rings. The van der Waals surface area contributed by atoms with Gasteiger partial charge < -0.3 is 0 Å². The number of aromatic nitrogens is 5. The average Bonchev–Trinajstić information content (AvgIpc) is 3.28. The zero-order chi connectivity index (χ0) is 22.7. The normalized spacial score (nSPS) is 23.6. The minimum atomic E-state index is -3.21. The Morgan fingerprint density at radius 3 is 2.70 bits per heavy atom. The van der Waals surface area contributed by atoms with Gasteiger partial charge in [-0.3, -0.25) is 8.97 Å². The predicted octanol–water partition coefficient (Wildman–Crippen LogP) is 3.73. The Balaban J connectivity index is 1.41. The number of fused-ring (bicyclic) bond motifs is 3. The highest BCUT2D eigenvalue weighted by Gasteiger charge is 2.42. The van der Waals surface area contributed by atoms with E-state index in [0.717, 1.165) is 60.4 Å². The molecule has 4 aromatic rings. The molecule has 0 unspecified atom stereocenters. The van der Waals surface area contributed by atoms with E-state index in [0.29, 0.717) is 5.92 Å². The largest absolute Gasteiger partial charge is 0.300 e. The smallest absolute Gasteiger partial charge is 0.214 e. The first kappa shape index (κ1) is 20.8. The lowest BCUT2D eigenvalue weighted by Crippen LogP contribution is -2.35. The first-order valence-electron chi connectivity index (χ1n) is 11.7. The standard InChI is InChI=1S/C24H28N6O2S/c1-3-16-12-17(28-33(31,32)18-8-9-18)13-19(16)23-27-26-22-14-25-24-21(30(22)23)10-11-29(24)20-7-5-4-6-15(20)2/h4-7,10-11,14,16-19,28H,3,8-9,12-13H2,1-2H3/t16-,17+,19+/m1/s1. The van der Waals surface area contributed by atoms with Gasteiger partial charge in [-0.15, -0.1) is 10.2 Å². The molecule has 1 aromatic carbocycles. The Bertz CT molecular complexity index is 1450. The number of nitrogens with one attached hydrogen (secondary N) is 1. The number of rotatable bonds is 6. The monoisotopic (exact) mass is 464 g/mol. The molecule has 3 heterocycles. The summed E-state index contributed by atoms with van der Waals surface area (Å²) < 4.78 is 32.3. The first-order chi connectivity index (χ1) is 16.0. The van der Waals surface area contributed by atoms with Crippen LogP contribution in [0.15, 0.2) is 42.7 Å². The zero-order valence-corrected chi connectivity index (χ0v) is 19.7. The van der Waals surface area contributed by atoms with Crippen LogP contribution in [0.3, 0.4) is 0 Å². The van der Waals surface area contributed by atoms with E-state index in [1.165, 1.54) is 5.56 Å². The molecule has 3 atom stereocenters. The van der Waals surface area contributed by atoms with E-state index < -0.39 is 10.0 Å². The van der Waals surface area contributed by atoms with Crippen molar-refractivity contribution < 1.29 is 8.42 Å². The second-order valence-electron chi connectivity index (χ2n) is 9.50. The molecule has 8 nitrogen and oxygen atoms in total. The second-order valence-corrected chi connectivity index (χ2v) is 11.5. The van der Waals surface area contributed by atoms with Crippen LogP contribution in [-0.4, -0.2) is 43.9 Å². The molecule has 0 saturated heterocycles. The van der Waals surface area contributed by atoms with E-state index in [9.17, 15) is 8.42 Å². The van der Waals surface area contributed by atoms with Gasteiger partial charge in [0, 0.05) is 23.8 Å². The van der Waals surface area contributed by atoms with Gasteiger partial charge >= 0.3 is 0 Å². The summed E-state index contributed by atoms with van der Waals surface area (Å²) in [5, 5.41) is 8.82. The Kier molecular flexibility index (Phi) is 4.81. The molecule has 6 rings (SSSR count). The van der Waals surface area contributed by atoms with Crippen molar-refractivity contribution in [1.82, 2.24) is 28.9 Å². The van der Waals surface area contributed by atoms with Gasteiger partial charge in [0.1, 0.15) is 5.82 Å². The van der Waals surface area contributed by atoms with Gasteiger partial charge in [-0.05, 0) is 56.2 Å². The van der Waals surface area contributed by atoms with Crippen LogP contribution in [0.1, 0.15) is 56.3 Å². The van der Waals surface area contributed by atoms with Gasteiger partial charge in [-0.25, -0.2) is 18.1 Å². The van der Waals surface area contributed by atoms with E-state index in [1.807, 2.05) is 18.3 Å². The molecule has 0 amide bonds. The van der Waals surface area contributed by atoms with E-state index in [-0.39, 0.29) is 17.2 Å². The lowest BCUT2D eigenvalue weighted by atomic mass is 9.93. The maximum Gasteiger partial charge on any atom is 0.214 e. The third-order valence-corrected chi connectivity index (χ3v) is 9.33. The number of sulfonamides is 1. The van der Waals surface area contributed by atoms with Crippen LogP contribution in [-0.2, 0) is 10.0 Å². The summed E-state index contributed by atoms with van der Waals surface area (Å²) in [7, 11) is -3.21. The van der Waals surface area contributed by atoms with Crippen LogP contribution in [0.4, 0.5) is 0 Å². The van der Waals surface area contributed by atoms with Crippen LogP contribution < -0.4 is 4.72 Å². The lowest BCUT2D eigenvalue weighted by molar-refractivity contribution is 0.449. The topological polar surface area (TPSA) is 94.2 Å². The van der Waals surface area contributed by atoms with Gasteiger partial charge in [-0.2, -0.15) is 0 Å². The summed E-state index contributed by atoms with van der Waals surface area (Å²) in [4.78, 5) is 4.70. The summed E-state index contributed by atoms with van der Waals surface area (Å²) in [6.45, 7) is 4.27. The molecule has 2 fully saturated rings. The number of para-hydroxylation sites is 1. The molecular formula is C24H28N6O2S. The maximum atomic E-state index is 12.5. The Morgan fingerprint density at radius 2 is 1.94 bits per heavy atom. The molecule has 3 aromatic heterocycles. The molecule has 0 spiro atoms. The van der Waals surface area contributed by atoms with Gasteiger partial charge in [-0.1, -0.05) is 31.5 Å². The summed E-state index contributed by atoms with van der Waals surface area (Å²) in [6.07, 6.45) is 7.92. The van der Waals surface area contributed by atoms with Crippen molar-refractivity contribution in [2.75, 3.05) is 0 Å². The first-order valence-corrected chi connectivity index (χ1v) is 13.3. The van der Waals surface area contributed by atoms with Crippen molar-refractivity contribution in [2.24, 2.45) is 5.92 Å². The Labute approximate surface area is 193 Å². The minimum absolute atomic E-state index is 0.0493. The van der Waals surface area contributed by atoms with Crippen molar-refractivity contribution >= 4 is 26.8 Å². The molecule has 0 bridgehead atoms. The van der Waals surface area contributed by atoms with E-state index in [1.54, 1.807) is 6.20 Å². The van der Waals surface area contributed by atoms with Crippen molar-refractivity contribution in [2.45, 2.75) is 63.2 Å². The molecule has 33 heavy (non-hydrogen) atoms. The number of hydrogen-bond donors (Lipinski definition) is 1. The SMILES string of the molecule is CC[C@@H]1C[C@H](NS(=O)(=O)C2CC2)C[C@@H]1c1nnc2cnc3c(ccn3-c3ccccc3C)n12. The minimum Gasteiger partial charge on any atom is -0.300 e. The molecule has 1 N–H and O–H groups in total. The fourth-order valence-corrected chi connectivity index (χ4v) is 7.04. The van der Waals surface area contributed by atoms with Gasteiger partial charge in [0.25, 0.3) is 0 Å². The van der Waals surface area contributed by atoms with Crippen LogP contribution >= 0.6 is 0 Å². The third kappa shape index (κ3) is 3.45. The summed E-state index contributed by atoms with van der Waals surface area (Å²) in [6, 6.07) is 10.3. The fourth-order valence-electron chi connectivity index (χ4n) is 5.44. The molecule has 9 heteroatoms. The van der Waals surface area contributed by atoms with Crippen LogP contribution in [0, 0.1) is 12.8 Å². The number of hydrogen-bond acceptors (Lipinski definition) is 5. The highest BCUT2D eigenvalue weighted by Crippen LogP contribution is 2.42. The zero-order valence-electron chi connectivity index (χ0n) is 18.8. The highest BCUT2D eigenvalue weighted by atomic mass is 32.2. The summed E-state index contributed by atoms with van der Waals surface area (Å²) in [5.74, 6) is 1.40. The second kappa shape index (κ2) is 7.63. The molecule has 172 valence electrons. The number of aryl methyl sites for hydroxylation is 1. The summed E-state index contributed by atoms with van der Waals surface area (Å²) in [5.41, 5.74) is 4.81. The molecule has 2 aliphatic carbocycles. The van der Waals surface area contributed by atoms with Crippen molar-refractivity contribution in [3.8, 4) is 5.69 Å². The number of nitrogens with zero attached hydrogens (tertiary/aromatic N) is 5. The van der Waals surface area contributed by atoms with E-state index >= 15 is 0 Å². The van der Waals surface area contributed by atoms with Crippen molar-refractivity contribution in [3.05, 3.63) is 54.1 Å². The predicted molar refractivity (Wildman–Crippen MR) is 127 cm³/mol. The Hall–Kier alpha value is -2.78. The van der Waals surface area contributed by atoms with Crippen molar-refractivity contribution in [1.29, 1.82) is 0 Å². The number of benzene rings is 1. The fraction of sp³-hybridized carbons (Fsp3) is 0.458. The van der Waals surface area contributed by atoms with E-state index in [2.05, 4.69) is 55.9 Å². The molecule has 0 radical (unpaired) electrons. The highest BCUT2D eigenvalue weighted by molar-refractivity contribution is 7.90. The van der Waals surface area contributed by atoms with Crippen LogP contribution in [0.2, 0.25) is 0 Å². The van der Waals surface area contributed by atoms with E-state index in [4.69, 9.17) is 4.98 Å². The van der Waals surface area contributed by atoms with Gasteiger partial charge in [0.15, 0.2) is 11.3 Å². The van der Waals surface area contributed by atoms with Crippen LogP contribution in [0.5, 0.6) is 0 Å².